The van der Waals surface area contributed by atoms with Gasteiger partial charge in [0.1, 0.15) is 17.3 Å². The van der Waals surface area contributed by atoms with E-state index in [0.29, 0.717) is 23.2 Å². The van der Waals surface area contributed by atoms with Crippen LogP contribution in [0.5, 0.6) is 0 Å². The van der Waals surface area contributed by atoms with Gasteiger partial charge in [0, 0.05) is 12.2 Å². The van der Waals surface area contributed by atoms with Crippen LogP contribution < -0.4 is 5.32 Å². The summed E-state index contributed by atoms with van der Waals surface area (Å²) < 4.78 is 1.92. The molecule has 124 valence electrons. The van der Waals surface area contributed by atoms with Crippen molar-refractivity contribution in [2.75, 3.05) is 5.32 Å². The predicted octanol–water partition coefficient (Wildman–Crippen LogP) is 4.50. The molecule has 1 aliphatic rings. The number of nitrogens with zero attached hydrogens (tertiary/aromatic N) is 3. The first-order valence-electron chi connectivity index (χ1n) is 8.49. The molecule has 0 spiro atoms. The van der Waals surface area contributed by atoms with E-state index in [2.05, 4.69) is 41.8 Å². The van der Waals surface area contributed by atoms with Crippen LogP contribution in [0, 0.1) is 23.2 Å². The molecule has 24 heavy (non-hydrogen) atoms. The number of rotatable bonds is 3. The number of hydrogen-bond acceptors (Lipinski definition) is 4. The Bertz CT molecular complexity index is 883. The first-order chi connectivity index (χ1) is 11.7. The van der Waals surface area contributed by atoms with E-state index in [-0.39, 0.29) is 0 Å². The zero-order chi connectivity index (χ0) is 16.7. The summed E-state index contributed by atoms with van der Waals surface area (Å²) in [4.78, 5) is 5.87. The summed E-state index contributed by atoms with van der Waals surface area (Å²) >= 11 is 1.67. The van der Waals surface area contributed by atoms with Gasteiger partial charge in [0.2, 0.25) is 0 Å². The number of H-pyrrole nitrogens is 1. The Morgan fingerprint density at radius 2 is 2.29 bits per heavy atom. The molecular weight excluding hydrogens is 318 g/mol. The van der Waals surface area contributed by atoms with Crippen LogP contribution in [0.25, 0.3) is 16.2 Å². The van der Waals surface area contributed by atoms with Gasteiger partial charge in [0.05, 0.1) is 4.88 Å². The standard InChI is InChI=1S/C18H21N5S/c1-11-5-3-6-14(12(11)2)21-18-16(15-7-4-8-24-15)22-17-13(9-19)10-20-23(17)18/h4,7-8,10-12,14,20-21H,3,5-6H2,1-2H3/t11-,12+,14-/m1/s1. The lowest BCUT2D eigenvalue weighted by molar-refractivity contribution is 0.252. The molecule has 4 rings (SSSR count). The summed E-state index contributed by atoms with van der Waals surface area (Å²) in [5.74, 6) is 2.31. The third kappa shape index (κ3) is 2.40. The minimum Gasteiger partial charge on any atom is -0.365 e. The van der Waals surface area contributed by atoms with Gasteiger partial charge in [-0.05, 0) is 29.7 Å². The van der Waals surface area contributed by atoms with Gasteiger partial charge in [-0.15, -0.1) is 11.3 Å². The van der Waals surface area contributed by atoms with Gasteiger partial charge in [-0.1, -0.05) is 32.8 Å². The van der Waals surface area contributed by atoms with Crippen LogP contribution in [-0.4, -0.2) is 20.6 Å². The summed E-state index contributed by atoms with van der Waals surface area (Å²) in [6, 6.07) is 6.76. The van der Waals surface area contributed by atoms with Crippen LogP contribution in [0.4, 0.5) is 5.82 Å². The molecule has 3 aromatic rings. The van der Waals surface area contributed by atoms with Crippen LogP contribution >= 0.6 is 11.3 Å². The van der Waals surface area contributed by atoms with E-state index in [9.17, 15) is 5.26 Å². The molecule has 3 atom stereocenters. The van der Waals surface area contributed by atoms with Gasteiger partial charge in [0.15, 0.2) is 11.5 Å². The molecular formula is C18H21N5S. The first kappa shape index (κ1) is 15.3. The maximum atomic E-state index is 9.31. The first-order valence-corrected chi connectivity index (χ1v) is 9.37. The van der Waals surface area contributed by atoms with Crippen molar-refractivity contribution in [3.8, 4) is 16.6 Å². The van der Waals surface area contributed by atoms with Gasteiger partial charge in [-0.2, -0.15) is 5.26 Å². The summed E-state index contributed by atoms with van der Waals surface area (Å²) in [6.07, 6.45) is 5.46. The summed E-state index contributed by atoms with van der Waals surface area (Å²) in [5, 5.41) is 18.3. The quantitative estimate of drug-likeness (QED) is 0.738. The number of nitrogens with one attached hydrogen (secondary N) is 2. The Morgan fingerprint density at radius 3 is 3.04 bits per heavy atom. The highest BCUT2D eigenvalue weighted by atomic mass is 32.1. The zero-order valence-electron chi connectivity index (χ0n) is 13.9. The monoisotopic (exact) mass is 339 g/mol. The topological polar surface area (TPSA) is 68.9 Å². The SMILES string of the molecule is C[C@H]1[C@H](C)CCC[C@H]1Nc1c(-c2cccs2)nc2c(C#N)c[nH]n12. The molecule has 6 heteroatoms. The number of nitriles is 1. The Hall–Kier alpha value is -2.26. The minimum atomic E-state index is 0.432. The smallest absolute Gasteiger partial charge is 0.173 e. The normalized spacial score (nSPS) is 24.1. The van der Waals surface area contributed by atoms with Gasteiger partial charge >= 0.3 is 0 Å². The molecule has 0 aliphatic heterocycles. The predicted molar refractivity (Wildman–Crippen MR) is 97.2 cm³/mol. The molecule has 3 aromatic heterocycles. The third-order valence-electron chi connectivity index (χ3n) is 5.36. The molecule has 3 heterocycles. The van der Waals surface area contributed by atoms with Crippen molar-refractivity contribution in [3.05, 3.63) is 29.3 Å². The van der Waals surface area contributed by atoms with E-state index < -0.39 is 0 Å². The average Bonchev–Trinajstić information content (AvgIpc) is 3.29. The Labute approximate surface area is 145 Å². The fourth-order valence-electron chi connectivity index (χ4n) is 3.68. The van der Waals surface area contributed by atoms with Gasteiger partial charge < -0.3 is 5.32 Å². The molecule has 5 nitrogen and oxygen atoms in total. The van der Waals surface area contributed by atoms with Crippen molar-refractivity contribution in [2.45, 2.75) is 39.2 Å². The number of imidazole rings is 1. The van der Waals surface area contributed by atoms with Crippen LogP contribution in [0.2, 0.25) is 0 Å². The summed E-state index contributed by atoms with van der Waals surface area (Å²) in [6.45, 7) is 4.67. The van der Waals surface area contributed by atoms with E-state index in [1.165, 1.54) is 19.3 Å². The minimum absolute atomic E-state index is 0.432. The fraction of sp³-hybridized carbons (Fsp3) is 0.444. The number of aromatic nitrogens is 3. The Kier molecular flexibility index (Phi) is 3.81. The molecule has 1 aliphatic carbocycles. The molecule has 1 fully saturated rings. The van der Waals surface area contributed by atoms with Crippen LogP contribution in [0.15, 0.2) is 23.7 Å². The van der Waals surface area contributed by atoms with Crippen molar-refractivity contribution in [2.24, 2.45) is 11.8 Å². The number of aromatic amines is 1. The molecule has 1 saturated carbocycles. The van der Waals surface area contributed by atoms with E-state index in [1.807, 2.05) is 10.6 Å². The third-order valence-corrected chi connectivity index (χ3v) is 6.24. The number of thiophene rings is 1. The largest absolute Gasteiger partial charge is 0.365 e. The second-order valence-electron chi connectivity index (χ2n) is 6.76. The van der Waals surface area contributed by atoms with Crippen molar-refractivity contribution in [1.29, 1.82) is 5.26 Å². The number of hydrogen-bond donors (Lipinski definition) is 2. The molecule has 0 aromatic carbocycles. The maximum Gasteiger partial charge on any atom is 0.173 e. The second kappa shape index (κ2) is 5.99. The van der Waals surface area contributed by atoms with Crippen molar-refractivity contribution < 1.29 is 0 Å². The summed E-state index contributed by atoms with van der Waals surface area (Å²) in [5.41, 5.74) is 2.20. The van der Waals surface area contributed by atoms with Crippen molar-refractivity contribution in [3.63, 3.8) is 0 Å². The van der Waals surface area contributed by atoms with Crippen molar-refractivity contribution in [1.82, 2.24) is 14.6 Å². The van der Waals surface area contributed by atoms with Gasteiger partial charge in [0.25, 0.3) is 0 Å². The van der Waals surface area contributed by atoms with Crippen LogP contribution in [0.3, 0.4) is 0 Å². The molecule has 0 bridgehead atoms. The lowest BCUT2D eigenvalue weighted by atomic mass is 9.78. The Balaban J connectivity index is 1.79. The van der Waals surface area contributed by atoms with Crippen LogP contribution in [-0.2, 0) is 0 Å². The highest BCUT2D eigenvalue weighted by Crippen LogP contribution is 2.36. The molecule has 2 N–H and O–H groups in total. The maximum absolute atomic E-state index is 9.31. The molecule has 0 radical (unpaired) electrons. The number of anilines is 1. The van der Waals surface area contributed by atoms with E-state index in [0.717, 1.165) is 22.3 Å². The number of fused-ring (bicyclic) bond motifs is 1. The second-order valence-corrected chi connectivity index (χ2v) is 7.71. The van der Waals surface area contributed by atoms with E-state index >= 15 is 0 Å². The lowest BCUT2D eigenvalue weighted by Crippen LogP contribution is -2.35. The summed E-state index contributed by atoms with van der Waals surface area (Å²) in [7, 11) is 0. The highest BCUT2D eigenvalue weighted by Gasteiger charge is 2.29. The van der Waals surface area contributed by atoms with E-state index in [1.54, 1.807) is 17.5 Å². The highest BCUT2D eigenvalue weighted by molar-refractivity contribution is 7.13. The van der Waals surface area contributed by atoms with E-state index in [4.69, 9.17) is 4.98 Å². The van der Waals surface area contributed by atoms with Crippen LogP contribution in [0.1, 0.15) is 38.7 Å². The van der Waals surface area contributed by atoms with Gasteiger partial charge in [-0.3, -0.25) is 5.10 Å². The van der Waals surface area contributed by atoms with Gasteiger partial charge in [-0.25, -0.2) is 9.50 Å². The average molecular weight is 339 g/mol. The zero-order valence-corrected chi connectivity index (χ0v) is 14.7. The van der Waals surface area contributed by atoms with Crippen molar-refractivity contribution >= 4 is 22.8 Å². The Morgan fingerprint density at radius 1 is 1.42 bits per heavy atom. The molecule has 0 amide bonds. The lowest BCUT2D eigenvalue weighted by Gasteiger charge is -2.35. The molecule has 0 saturated heterocycles. The molecule has 0 unspecified atom stereocenters. The fourth-order valence-corrected chi connectivity index (χ4v) is 4.40.